The minimum Gasteiger partial charge on any atom is -0.440 e. The lowest BCUT2D eigenvalue weighted by Crippen LogP contribution is -2.40. The van der Waals surface area contributed by atoms with Crippen LogP contribution in [0.1, 0.15) is 40.0 Å². The second kappa shape index (κ2) is 7.40. The van der Waals surface area contributed by atoms with Gasteiger partial charge >= 0.3 is 12.3 Å². The quantitative estimate of drug-likeness (QED) is 0.726. The first-order valence-corrected chi connectivity index (χ1v) is 5.82. The van der Waals surface area contributed by atoms with Crippen molar-refractivity contribution in [3.05, 3.63) is 0 Å². The van der Waals surface area contributed by atoms with Gasteiger partial charge < -0.3 is 9.64 Å². The van der Waals surface area contributed by atoms with Crippen molar-refractivity contribution in [2.45, 2.75) is 52.3 Å². The maximum absolute atomic E-state index is 11.9. The van der Waals surface area contributed by atoms with E-state index >= 15 is 0 Å². The van der Waals surface area contributed by atoms with Gasteiger partial charge in [-0.05, 0) is 19.8 Å². The van der Waals surface area contributed by atoms with Gasteiger partial charge in [-0.1, -0.05) is 20.3 Å². The smallest absolute Gasteiger partial charge is 0.422 e. The Morgan fingerprint density at radius 2 is 1.94 bits per heavy atom. The number of halogens is 3. The molecule has 0 aliphatic rings. The molecule has 0 aromatic heterocycles. The topological polar surface area (TPSA) is 29.5 Å². The van der Waals surface area contributed by atoms with Gasteiger partial charge in [0, 0.05) is 12.6 Å². The average molecular weight is 255 g/mol. The molecular formula is C11H20F3NO2. The van der Waals surface area contributed by atoms with Gasteiger partial charge in [-0.25, -0.2) is 4.79 Å². The predicted octanol–water partition coefficient (Wildman–Crippen LogP) is 3.59. The van der Waals surface area contributed by atoms with E-state index in [9.17, 15) is 18.0 Å². The van der Waals surface area contributed by atoms with Crippen molar-refractivity contribution in [1.29, 1.82) is 0 Å². The fourth-order valence-electron chi connectivity index (χ4n) is 1.27. The van der Waals surface area contributed by atoms with Crippen molar-refractivity contribution in [2.75, 3.05) is 13.2 Å². The number of nitrogens with zero attached hydrogens (tertiary/aromatic N) is 1. The number of hydrogen-bond acceptors (Lipinski definition) is 2. The van der Waals surface area contributed by atoms with Crippen LogP contribution in [0.5, 0.6) is 0 Å². The van der Waals surface area contributed by atoms with E-state index in [0.29, 0.717) is 13.0 Å². The fraction of sp³-hybridized carbons (Fsp3) is 0.909. The summed E-state index contributed by atoms with van der Waals surface area (Å²) in [4.78, 5) is 12.9. The summed E-state index contributed by atoms with van der Waals surface area (Å²) >= 11 is 0. The number of alkyl halides is 3. The Hall–Kier alpha value is -0.940. The minimum absolute atomic E-state index is 0.109. The van der Waals surface area contributed by atoms with Gasteiger partial charge in [0.05, 0.1) is 0 Å². The molecule has 0 fully saturated rings. The van der Waals surface area contributed by atoms with Gasteiger partial charge in [0.25, 0.3) is 0 Å². The van der Waals surface area contributed by atoms with Crippen LogP contribution in [0.25, 0.3) is 0 Å². The molecule has 0 heterocycles. The lowest BCUT2D eigenvalue weighted by atomic mass is 10.2. The molecule has 0 spiro atoms. The predicted molar refractivity (Wildman–Crippen MR) is 58.8 cm³/mol. The van der Waals surface area contributed by atoms with Crippen LogP contribution < -0.4 is 0 Å². The van der Waals surface area contributed by atoms with E-state index in [1.807, 2.05) is 13.8 Å². The van der Waals surface area contributed by atoms with Crippen LogP contribution in [-0.4, -0.2) is 36.4 Å². The molecule has 0 aliphatic carbocycles. The molecule has 3 nitrogen and oxygen atoms in total. The molecule has 0 aromatic rings. The zero-order chi connectivity index (χ0) is 13.5. The molecule has 0 rings (SSSR count). The molecule has 1 atom stereocenters. The van der Waals surface area contributed by atoms with Crippen LogP contribution in [0.15, 0.2) is 0 Å². The monoisotopic (exact) mass is 255 g/mol. The maximum atomic E-state index is 11.9. The molecule has 17 heavy (non-hydrogen) atoms. The summed E-state index contributed by atoms with van der Waals surface area (Å²) < 4.78 is 40.0. The van der Waals surface area contributed by atoms with Crippen LogP contribution in [0, 0.1) is 0 Å². The molecule has 0 N–H and O–H groups in total. The molecule has 1 unspecified atom stereocenters. The number of ether oxygens (including phenoxy) is 1. The highest BCUT2D eigenvalue weighted by atomic mass is 19.4. The van der Waals surface area contributed by atoms with Gasteiger partial charge in [0.2, 0.25) is 0 Å². The molecule has 0 bridgehead atoms. The standard InChI is InChI=1S/C11H20F3NO2/c1-4-6-7-15(9(3)5-2)10(16)17-8-11(12,13)14/h9H,4-8H2,1-3H3. The fourth-order valence-corrected chi connectivity index (χ4v) is 1.27. The van der Waals surface area contributed by atoms with Crippen molar-refractivity contribution in [2.24, 2.45) is 0 Å². The number of hydrogen-bond donors (Lipinski definition) is 0. The maximum Gasteiger partial charge on any atom is 0.422 e. The molecule has 0 saturated heterocycles. The third-order valence-electron chi connectivity index (χ3n) is 2.47. The van der Waals surface area contributed by atoms with Crippen LogP contribution in [0.4, 0.5) is 18.0 Å². The molecular weight excluding hydrogens is 235 g/mol. The van der Waals surface area contributed by atoms with Crippen LogP contribution in [0.2, 0.25) is 0 Å². The number of amides is 1. The molecule has 0 aliphatic heterocycles. The van der Waals surface area contributed by atoms with Gasteiger partial charge in [-0.3, -0.25) is 0 Å². The van der Waals surface area contributed by atoms with Gasteiger partial charge in [0.15, 0.2) is 6.61 Å². The summed E-state index contributed by atoms with van der Waals surface area (Å²) in [6, 6.07) is -0.109. The minimum atomic E-state index is -4.47. The molecule has 102 valence electrons. The number of carbonyl (C=O) groups is 1. The lowest BCUT2D eigenvalue weighted by molar-refractivity contribution is -0.162. The summed E-state index contributed by atoms with van der Waals surface area (Å²) in [6.45, 7) is 4.54. The first kappa shape index (κ1) is 16.1. The Morgan fingerprint density at radius 3 is 2.35 bits per heavy atom. The first-order valence-electron chi connectivity index (χ1n) is 5.82. The third-order valence-corrected chi connectivity index (χ3v) is 2.47. The first-order chi connectivity index (χ1) is 7.81. The van der Waals surface area contributed by atoms with E-state index in [4.69, 9.17) is 0 Å². The van der Waals surface area contributed by atoms with E-state index in [1.54, 1.807) is 6.92 Å². The second-order valence-electron chi connectivity index (χ2n) is 3.97. The van der Waals surface area contributed by atoms with E-state index in [-0.39, 0.29) is 6.04 Å². The average Bonchev–Trinajstić information content (AvgIpc) is 2.25. The van der Waals surface area contributed by atoms with Crippen LogP contribution >= 0.6 is 0 Å². The van der Waals surface area contributed by atoms with Crippen LogP contribution in [-0.2, 0) is 4.74 Å². The molecule has 0 aromatic carbocycles. The number of unbranched alkanes of at least 4 members (excludes halogenated alkanes) is 1. The summed E-state index contributed by atoms with van der Waals surface area (Å²) in [7, 11) is 0. The van der Waals surface area contributed by atoms with Crippen LogP contribution in [0.3, 0.4) is 0 Å². The highest BCUT2D eigenvalue weighted by molar-refractivity contribution is 5.68. The Bertz CT molecular complexity index is 231. The number of rotatable bonds is 6. The summed E-state index contributed by atoms with van der Waals surface area (Å²) in [5.74, 6) is 0. The summed E-state index contributed by atoms with van der Waals surface area (Å²) in [5, 5.41) is 0. The molecule has 1 amide bonds. The van der Waals surface area contributed by atoms with E-state index in [0.717, 1.165) is 12.8 Å². The Balaban J connectivity index is 4.32. The summed E-state index contributed by atoms with van der Waals surface area (Å²) in [6.07, 6.45) is -3.04. The molecule has 0 saturated carbocycles. The molecule has 6 heteroatoms. The van der Waals surface area contributed by atoms with Crippen molar-refractivity contribution in [3.8, 4) is 0 Å². The largest absolute Gasteiger partial charge is 0.440 e. The molecule has 0 radical (unpaired) electrons. The normalized spacial score (nSPS) is 13.3. The summed E-state index contributed by atoms with van der Waals surface area (Å²) in [5.41, 5.74) is 0. The Morgan fingerprint density at radius 1 is 1.35 bits per heavy atom. The van der Waals surface area contributed by atoms with Gasteiger partial charge in [0.1, 0.15) is 0 Å². The van der Waals surface area contributed by atoms with Crippen molar-refractivity contribution < 1.29 is 22.7 Å². The Labute approximate surface area is 99.9 Å². The number of carbonyl (C=O) groups excluding carboxylic acids is 1. The van der Waals surface area contributed by atoms with E-state index < -0.39 is 18.9 Å². The van der Waals surface area contributed by atoms with E-state index in [1.165, 1.54) is 4.90 Å². The third kappa shape index (κ3) is 7.07. The highest BCUT2D eigenvalue weighted by Crippen LogP contribution is 2.16. The second-order valence-corrected chi connectivity index (χ2v) is 3.97. The van der Waals surface area contributed by atoms with Crippen molar-refractivity contribution >= 4 is 6.09 Å². The lowest BCUT2D eigenvalue weighted by Gasteiger charge is -2.27. The highest BCUT2D eigenvalue weighted by Gasteiger charge is 2.31. The zero-order valence-electron chi connectivity index (χ0n) is 10.5. The van der Waals surface area contributed by atoms with Gasteiger partial charge in [-0.15, -0.1) is 0 Å². The Kier molecular flexibility index (Phi) is 6.99. The van der Waals surface area contributed by atoms with Gasteiger partial charge in [-0.2, -0.15) is 13.2 Å². The van der Waals surface area contributed by atoms with E-state index in [2.05, 4.69) is 4.74 Å². The van der Waals surface area contributed by atoms with Crippen molar-refractivity contribution in [3.63, 3.8) is 0 Å². The van der Waals surface area contributed by atoms with Crippen molar-refractivity contribution in [1.82, 2.24) is 4.90 Å². The zero-order valence-corrected chi connectivity index (χ0v) is 10.5. The SMILES string of the molecule is CCCCN(C(=O)OCC(F)(F)F)C(C)CC.